The van der Waals surface area contributed by atoms with Crippen LogP contribution in [0.5, 0.6) is 0 Å². The molecule has 4 N–H and O–H groups in total. The van der Waals surface area contributed by atoms with E-state index in [1.54, 1.807) is 11.8 Å². The van der Waals surface area contributed by atoms with Crippen molar-refractivity contribution in [2.45, 2.75) is 24.7 Å². The fraction of sp³-hybridized carbons (Fsp3) is 0.286. The topological polar surface area (TPSA) is 75.9 Å². The minimum Gasteiger partial charge on any atom is -0.340 e. The number of nitrogens with zero attached hydrogens (tertiary/aromatic N) is 2. The Hall–Kier alpha value is -1.79. The quantitative estimate of drug-likeness (QED) is 0.431. The highest BCUT2D eigenvalue weighted by Gasteiger charge is 2.10. The molecule has 0 aliphatic rings. The first-order chi connectivity index (χ1) is 9.78. The van der Waals surface area contributed by atoms with Gasteiger partial charge in [-0.25, -0.2) is 15.8 Å². The third-order valence-corrected chi connectivity index (χ3v) is 3.68. The van der Waals surface area contributed by atoms with E-state index in [1.165, 1.54) is 11.2 Å². The first kappa shape index (κ1) is 14.6. The lowest BCUT2D eigenvalue weighted by Crippen LogP contribution is -2.13. The van der Waals surface area contributed by atoms with Crippen molar-refractivity contribution in [3.8, 4) is 0 Å². The average Bonchev–Trinajstić information content (AvgIpc) is 2.50. The van der Waals surface area contributed by atoms with Crippen molar-refractivity contribution >= 4 is 29.1 Å². The number of nitrogen functional groups attached to an aromatic ring is 1. The zero-order valence-corrected chi connectivity index (χ0v) is 12.5. The van der Waals surface area contributed by atoms with Gasteiger partial charge in [-0.05, 0) is 36.9 Å². The monoisotopic (exact) mass is 289 g/mol. The summed E-state index contributed by atoms with van der Waals surface area (Å²) >= 11 is 1.72. The maximum atomic E-state index is 5.51. The molecular weight excluding hydrogens is 270 g/mol. The van der Waals surface area contributed by atoms with E-state index in [9.17, 15) is 0 Å². The molecule has 6 heteroatoms. The van der Waals surface area contributed by atoms with Gasteiger partial charge in [0.2, 0.25) is 0 Å². The number of nitrogens with two attached hydrogens (primary N) is 1. The van der Waals surface area contributed by atoms with Gasteiger partial charge < -0.3 is 10.7 Å². The highest BCUT2D eigenvalue weighted by Crippen LogP contribution is 2.25. The molecule has 1 heterocycles. The van der Waals surface area contributed by atoms with Gasteiger partial charge in [0, 0.05) is 16.1 Å². The van der Waals surface area contributed by atoms with Crippen LogP contribution in [0.15, 0.2) is 35.5 Å². The van der Waals surface area contributed by atoms with Crippen LogP contribution in [0.2, 0.25) is 0 Å². The van der Waals surface area contributed by atoms with E-state index < -0.39 is 0 Å². The molecule has 0 aliphatic carbocycles. The van der Waals surface area contributed by atoms with Crippen molar-refractivity contribution in [1.82, 2.24) is 9.97 Å². The number of aromatic nitrogens is 2. The summed E-state index contributed by atoms with van der Waals surface area (Å²) in [4.78, 5) is 9.71. The molecule has 0 saturated carbocycles. The molecule has 0 saturated heterocycles. The Bertz CT molecular complexity index is 556. The van der Waals surface area contributed by atoms with Gasteiger partial charge in [-0.15, -0.1) is 11.8 Å². The SMILES string of the molecule is CCCc1c(NN)ncnc1Nc1ccc(SC)cc1. The highest BCUT2D eigenvalue weighted by atomic mass is 32.2. The van der Waals surface area contributed by atoms with E-state index in [0.29, 0.717) is 5.82 Å². The number of hydrogen-bond donors (Lipinski definition) is 3. The first-order valence-corrected chi connectivity index (χ1v) is 7.72. The van der Waals surface area contributed by atoms with Gasteiger partial charge in [-0.3, -0.25) is 0 Å². The molecule has 0 aliphatic heterocycles. The Labute approximate surface area is 123 Å². The zero-order valence-electron chi connectivity index (χ0n) is 11.7. The van der Waals surface area contributed by atoms with Crippen molar-refractivity contribution in [1.29, 1.82) is 0 Å². The molecule has 0 amide bonds. The summed E-state index contributed by atoms with van der Waals surface area (Å²) in [5, 5.41) is 3.33. The second kappa shape index (κ2) is 7.12. The summed E-state index contributed by atoms with van der Waals surface area (Å²) in [5.41, 5.74) is 4.64. The summed E-state index contributed by atoms with van der Waals surface area (Å²) in [6.07, 6.45) is 5.44. The van der Waals surface area contributed by atoms with Crippen molar-refractivity contribution < 1.29 is 0 Å². The minimum atomic E-state index is 0.671. The van der Waals surface area contributed by atoms with Crippen LogP contribution < -0.4 is 16.6 Å². The van der Waals surface area contributed by atoms with E-state index in [1.807, 2.05) is 12.1 Å². The molecule has 1 aromatic carbocycles. The number of hydrogen-bond acceptors (Lipinski definition) is 6. The predicted molar refractivity (Wildman–Crippen MR) is 85.3 cm³/mol. The Balaban J connectivity index is 2.27. The molecule has 0 bridgehead atoms. The minimum absolute atomic E-state index is 0.671. The standard InChI is InChI=1S/C14H19N5S/c1-3-4-12-13(16-9-17-14(12)19-15)18-10-5-7-11(20-2)8-6-10/h5-9H,3-4,15H2,1-2H3,(H2,16,17,18,19). The van der Waals surface area contributed by atoms with Gasteiger partial charge >= 0.3 is 0 Å². The normalized spacial score (nSPS) is 10.3. The van der Waals surface area contributed by atoms with Crippen molar-refractivity contribution in [2.75, 3.05) is 17.0 Å². The number of thioether (sulfide) groups is 1. The molecule has 106 valence electrons. The zero-order chi connectivity index (χ0) is 14.4. The fourth-order valence-corrected chi connectivity index (χ4v) is 2.35. The van der Waals surface area contributed by atoms with Gasteiger partial charge in [0.05, 0.1) is 0 Å². The second-order valence-electron chi connectivity index (χ2n) is 4.30. The molecule has 0 radical (unpaired) electrons. The Kier molecular flexibility index (Phi) is 5.20. The van der Waals surface area contributed by atoms with Crippen LogP contribution in [0.3, 0.4) is 0 Å². The fourth-order valence-electron chi connectivity index (χ4n) is 1.94. The molecule has 2 aromatic rings. The maximum Gasteiger partial charge on any atom is 0.148 e. The predicted octanol–water partition coefficient (Wildman–Crippen LogP) is 3.18. The molecular formula is C14H19N5S. The van der Waals surface area contributed by atoms with E-state index >= 15 is 0 Å². The smallest absolute Gasteiger partial charge is 0.148 e. The summed E-state index contributed by atoms with van der Waals surface area (Å²) in [5.74, 6) is 6.98. The lowest BCUT2D eigenvalue weighted by molar-refractivity contribution is 0.903. The third-order valence-electron chi connectivity index (χ3n) is 2.93. The lowest BCUT2D eigenvalue weighted by atomic mass is 10.1. The van der Waals surface area contributed by atoms with Crippen molar-refractivity contribution in [3.05, 3.63) is 36.2 Å². The van der Waals surface area contributed by atoms with E-state index in [2.05, 4.69) is 46.0 Å². The highest BCUT2D eigenvalue weighted by molar-refractivity contribution is 7.98. The molecule has 1 aromatic heterocycles. The lowest BCUT2D eigenvalue weighted by Gasteiger charge is -2.13. The first-order valence-electron chi connectivity index (χ1n) is 6.50. The van der Waals surface area contributed by atoms with Gasteiger partial charge in [0.25, 0.3) is 0 Å². The van der Waals surface area contributed by atoms with Crippen LogP contribution in [-0.4, -0.2) is 16.2 Å². The van der Waals surface area contributed by atoms with Crippen LogP contribution in [0.4, 0.5) is 17.3 Å². The number of nitrogens with one attached hydrogen (secondary N) is 2. The van der Waals surface area contributed by atoms with E-state index in [-0.39, 0.29) is 0 Å². The van der Waals surface area contributed by atoms with Crippen LogP contribution in [0.1, 0.15) is 18.9 Å². The summed E-state index contributed by atoms with van der Waals surface area (Å²) in [7, 11) is 0. The molecule has 20 heavy (non-hydrogen) atoms. The van der Waals surface area contributed by atoms with Crippen LogP contribution >= 0.6 is 11.8 Å². The number of hydrazine groups is 1. The second-order valence-corrected chi connectivity index (χ2v) is 5.18. The van der Waals surface area contributed by atoms with Crippen LogP contribution in [-0.2, 0) is 6.42 Å². The molecule has 2 rings (SSSR count). The third kappa shape index (κ3) is 3.40. The Morgan fingerprint density at radius 3 is 2.45 bits per heavy atom. The van der Waals surface area contributed by atoms with Gasteiger partial charge in [0.15, 0.2) is 0 Å². The van der Waals surface area contributed by atoms with Gasteiger partial charge in [-0.1, -0.05) is 13.3 Å². The van der Waals surface area contributed by atoms with Crippen molar-refractivity contribution in [2.24, 2.45) is 5.84 Å². The van der Waals surface area contributed by atoms with Crippen LogP contribution in [0, 0.1) is 0 Å². The van der Waals surface area contributed by atoms with Gasteiger partial charge in [0.1, 0.15) is 18.0 Å². The van der Waals surface area contributed by atoms with Crippen molar-refractivity contribution in [3.63, 3.8) is 0 Å². The summed E-state index contributed by atoms with van der Waals surface area (Å²) < 4.78 is 0. The van der Waals surface area contributed by atoms with Crippen LogP contribution in [0.25, 0.3) is 0 Å². The maximum absolute atomic E-state index is 5.51. The summed E-state index contributed by atoms with van der Waals surface area (Å²) in [6, 6.07) is 8.24. The van der Waals surface area contributed by atoms with E-state index in [0.717, 1.165) is 29.9 Å². The molecule has 0 unspecified atom stereocenters. The Morgan fingerprint density at radius 2 is 1.85 bits per heavy atom. The number of benzene rings is 1. The molecule has 0 atom stereocenters. The largest absolute Gasteiger partial charge is 0.340 e. The average molecular weight is 289 g/mol. The number of rotatable bonds is 6. The molecule has 5 nitrogen and oxygen atoms in total. The summed E-state index contributed by atoms with van der Waals surface area (Å²) in [6.45, 7) is 2.12. The van der Waals surface area contributed by atoms with E-state index in [4.69, 9.17) is 5.84 Å². The van der Waals surface area contributed by atoms with Gasteiger partial charge in [-0.2, -0.15) is 0 Å². The molecule has 0 fully saturated rings. The molecule has 0 spiro atoms. The Morgan fingerprint density at radius 1 is 1.15 bits per heavy atom. The number of anilines is 3.